The van der Waals surface area contributed by atoms with Crippen LogP contribution >= 0.6 is 0 Å². The molecule has 2 heterocycles. The van der Waals surface area contributed by atoms with E-state index in [0.717, 1.165) is 74.7 Å². The zero-order chi connectivity index (χ0) is 28.5. The van der Waals surface area contributed by atoms with Crippen LogP contribution in [0.4, 0.5) is 0 Å². The second kappa shape index (κ2) is 15.0. The molecule has 8 nitrogen and oxygen atoms in total. The van der Waals surface area contributed by atoms with E-state index in [1.165, 1.54) is 5.06 Å². The number of hydrogen-bond acceptors (Lipinski definition) is 6. The lowest BCUT2D eigenvalue weighted by Gasteiger charge is -2.29. The number of carbonyl (C=O) groups is 3. The number of nitrogens with zero attached hydrogens (tertiary/aromatic N) is 2. The van der Waals surface area contributed by atoms with Gasteiger partial charge in [-0.2, -0.15) is 0 Å². The maximum Gasteiger partial charge on any atom is 0.308 e. The Morgan fingerprint density at radius 2 is 1.98 bits per heavy atom. The Labute approximate surface area is 239 Å². The predicted octanol–water partition coefficient (Wildman–Crippen LogP) is 5.38. The first-order valence-electron chi connectivity index (χ1n) is 15.6. The third kappa shape index (κ3) is 7.84. The Morgan fingerprint density at radius 1 is 1.12 bits per heavy atom. The van der Waals surface area contributed by atoms with Crippen molar-refractivity contribution in [1.82, 2.24) is 9.96 Å². The lowest BCUT2D eigenvalue weighted by atomic mass is 9.82. The standard InChI is InChI=1S/C32H48N2O6/c1-3-16-34(40-17-4-2)30(36)22-33-21-27(24-13-14-29-25(20-24)15-18-39-29)31(32(37)38)28(33)12-8-10-23-9-6-5-7-11-26(35)19-23/h13-14,20,23,27-28,31H,3-12,15-19,21-22H2,1-2H3,(H,37,38)/t23?,27-,28+,31-/m1/s1. The summed E-state index contributed by atoms with van der Waals surface area (Å²) in [5.41, 5.74) is 2.14. The molecule has 1 amide bonds. The van der Waals surface area contributed by atoms with E-state index in [1.54, 1.807) is 0 Å². The molecule has 4 rings (SSSR count). The first-order valence-corrected chi connectivity index (χ1v) is 15.6. The number of fused-ring (bicyclic) bond motifs is 1. The molecule has 1 aliphatic carbocycles. The molecule has 8 heteroatoms. The third-order valence-electron chi connectivity index (χ3n) is 8.87. The number of ketones is 1. The molecular weight excluding hydrogens is 508 g/mol. The smallest absolute Gasteiger partial charge is 0.308 e. The lowest BCUT2D eigenvalue weighted by Crippen LogP contribution is -2.44. The van der Waals surface area contributed by atoms with Gasteiger partial charge in [0.25, 0.3) is 5.91 Å². The molecule has 1 saturated heterocycles. The van der Waals surface area contributed by atoms with Gasteiger partial charge >= 0.3 is 5.97 Å². The molecule has 1 aromatic rings. The van der Waals surface area contributed by atoms with Gasteiger partial charge in [-0.1, -0.05) is 51.7 Å². The van der Waals surface area contributed by atoms with Crippen LogP contribution in [0.2, 0.25) is 0 Å². The van der Waals surface area contributed by atoms with Crippen LogP contribution in [-0.2, 0) is 25.6 Å². The molecule has 1 aromatic carbocycles. The summed E-state index contributed by atoms with van der Waals surface area (Å²) in [5, 5.41) is 12.0. The van der Waals surface area contributed by atoms with Crippen LogP contribution in [0.25, 0.3) is 0 Å². The summed E-state index contributed by atoms with van der Waals surface area (Å²) in [7, 11) is 0. The Balaban J connectivity index is 1.52. The number of hydroxylamine groups is 2. The molecule has 1 saturated carbocycles. The van der Waals surface area contributed by atoms with Gasteiger partial charge in [-0.05, 0) is 55.2 Å². The Bertz CT molecular complexity index is 1010. The minimum Gasteiger partial charge on any atom is -0.493 e. The van der Waals surface area contributed by atoms with E-state index in [-0.39, 0.29) is 24.4 Å². The summed E-state index contributed by atoms with van der Waals surface area (Å²) >= 11 is 0. The van der Waals surface area contributed by atoms with Crippen LogP contribution in [0.1, 0.15) is 102 Å². The molecule has 0 radical (unpaired) electrons. The van der Waals surface area contributed by atoms with Gasteiger partial charge < -0.3 is 9.84 Å². The van der Waals surface area contributed by atoms with Crippen molar-refractivity contribution in [2.75, 3.05) is 32.8 Å². The molecule has 2 fully saturated rings. The fourth-order valence-corrected chi connectivity index (χ4v) is 6.87. The van der Waals surface area contributed by atoms with Gasteiger partial charge in [0.2, 0.25) is 0 Å². The predicted molar refractivity (Wildman–Crippen MR) is 153 cm³/mol. The topological polar surface area (TPSA) is 96.4 Å². The van der Waals surface area contributed by atoms with Crippen molar-refractivity contribution in [3.63, 3.8) is 0 Å². The highest BCUT2D eigenvalue weighted by atomic mass is 16.7. The minimum atomic E-state index is -0.810. The van der Waals surface area contributed by atoms with Gasteiger partial charge in [-0.15, -0.1) is 0 Å². The molecule has 0 aromatic heterocycles. The largest absolute Gasteiger partial charge is 0.493 e. The molecule has 1 unspecified atom stereocenters. The van der Waals surface area contributed by atoms with E-state index in [2.05, 4.69) is 11.0 Å². The number of hydrogen-bond donors (Lipinski definition) is 1. The highest BCUT2D eigenvalue weighted by Gasteiger charge is 2.47. The molecular formula is C32H48N2O6. The van der Waals surface area contributed by atoms with Crippen molar-refractivity contribution in [2.45, 2.75) is 103 Å². The van der Waals surface area contributed by atoms with Crippen molar-refractivity contribution in [2.24, 2.45) is 11.8 Å². The molecule has 3 aliphatic rings. The van der Waals surface area contributed by atoms with Crippen molar-refractivity contribution in [3.8, 4) is 5.75 Å². The van der Waals surface area contributed by atoms with E-state index in [1.807, 2.05) is 26.0 Å². The number of carbonyl (C=O) groups excluding carboxylic acids is 2. The SMILES string of the molecule is CCCON(CCC)C(=O)CN1C[C@H](c2ccc3c(c2)CCO3)[C@@H](C(=O)O)[C@@H]1CCCC1CCCCCC(=O)C1. The molecule has 40 heavy (non-hydrogen) atoms. The molecule has 0 bridgehead atoms. The van der Waals surface area contributed by atoms with Gasteiger partial charge in [0.05, 0.1) is 25.7 Å². The number of amides is 1. The fraction of sp³-hybridized carbons (Fsp3) is 0.719. The third-order valence-corrected chi connectivity index (χ3v) is 8.87. The molecule has 222 valence electrons. The highest BCUT2D eigenvalue weighted by Crippen LogP contribution is 2.42. The number of benzene rings is 1. The summed E-state index contributed by atoms with van der Waals surface area (Å²) < 4.78 is 5.69. The van der Waals surface area contributed by atoms with E-state index in [0.29, 0.717) is 57.3 Å². The van der Waals surface area contributed by atoms with Gasteiger partial charge in [-0.3, -0.25) is 24.1 Å². The molecule has 2 aliphatic heterocycles. The Hall–Kier alpha value is -2.45. The lowest BCUT2D eigenvalue weighted by molar-refractivity contribution is -0.188. The number of aliphatic carboxylic acids is 1. The number of likely N-dealkylation sites (tertiary alicyclic amines) is 1. The molecule has 1 N–H and O–H groups in total. The van der Waals surface area contributed by atoms with Gasteiger partial charge in [0.1, 0.15) is 11.5 Å². The summed E-state index contributed by atoms with van der Waals surface area (Å²) in [6.45, 7) is 6.34. The average Bonchev–Trinajstić information content (AvgIpc) is 3.53. The summed E-state index contributed by atoms with van der Waals surface area (Å²) in [6.07, 6.45) is 10.6. The van der Waals surface area contributed by atoms with E-state index in [9.17, 15) is 19.5 Å². The monoisotopic (exact) mass is 556 g/mol. The zero-order valence-electron chi connectivity index (χ0n) is 24.4. The fourth-order valence-electron chi connectivity index (χ4n) is 6.87. The minimum absolute atomic E-state index is 0.113. The second-order valence-electron chi connectivity index (χ2n) is 11.9. The highest BCUT2D eigenvalue weighted by molar-refractivity contribution is 5.79. The maximum absolute atomic E-state index is 13.4. The van der Waals surface area contributed by atoms with Crippen LogP contribution in [0.5, 0.6) is 5.75 Å². The normalized spacial score (nSPS) is 25.2. The first-order chi connectivity index (χ1) is 19.4. The van der Waals surface area contributed by atoms with E-state index < -0.39 is 11.9 Å². The average molecular weight is 557 g/mol. The number of carboxylic acids is 1. The van der Waals surface area contributed by atoms with Crippen LogP contribution < -0.4 is 4.74 Å². The van der Waals surface area contributed by atoms with Crippen LogP contribution in [0, 0.1) is 11.8 Å². The molecule has 4 atom stereocenters. The van der Waals surface area contributed by atoms with Crippen LogP contribution in [0.15, 0.2) is 18.2 Å². The van der Waals surface area contributed by atoms with Gasteiger partial charge in [0, 0.05) is 44.3 Å². The van der Waals surface area contributed by atoms with Crippen molar-refractivity contribution >= 4 is 17.7 Å². The Kier molecular flexibility index (Phi) is 11.4. The summed E-state index contributed by atoms with van der Waals surface area (Å²) in [4.78, 5) is 46.4. The van der Waals surface area contributed by atoms with Crippen molar-refractivity contribution in [3.05, 3.63) is 29.3 Å². The number of Topliss-reactive ketones (excluding diaryl/α,β-unsaturated/α-hetero) is 1. The number of ether oxygens (including phenoxy) is 1. The summed E-state index contributed by atoms with van der Waals surface area (Å²) in [5.74, 6) is -0.112. The van der Waals surface area contributed by atoms with Gasteiger partial charge in [0.15, 0.2) is 0 Å². The molecule has 0 spiro atoms. The van der Waals surface area contributed by atoms with E-state index >= 15 is 0 Å². The number of rotatable bonds is 13. The maximum atomic E-state index is 13.4. The second-order valence-corrected chi connectivity index (χ2v) is 11.9. The van der Waals surface area contributed by atoms with Crippen molar-refractivity contribution in [1.29, 1.82) is 0 Å². The number of carboxylic acid groups (broad SMARTS) is 1. The Morgan fingerprint density at radius 3 is 2.75 bits per heavy atom. The van der Waals surface area contributed by atoms with Gasteiger partial charge in [-0.25, -0.2) is 5.06 Å². The first kappa shape index (κ1) is 30.5. The van der Waals surface area contributed by atoms with Crippen molar-refractivity contribution < 1.29 is 29.1 Å². The quantitative estimate of drug-likeness (QED) is 0.326. The zero-order valence-corrected chi connectivity index (χ0v) is 24.4. The van der Waals surface area contributed by atoms with Crippen LogP contribution in [-0.4, -0.2) is 71.6 Å². The van der Waals surface area contributed by atoms with E-state index in [4.69, 9.17) is 9.57 Å². The summed E-state index contributed by atoms with van der Waals surface area (Å²) in [6, 6.07) is 5.82. The van der Waals surface area contributed by atoms with Crippen LogP contribution in [0.3, 0.4) is 0 Å².